The van der Waals surface area contributed by atoms with Crippen LogP contribution in [0.1, 0.15) is 33.6 Å². The first-order valence-electron chi connectivity index (χ1n) is 5.28. The lowest BCUT2D eigenvalue weighted by atomic mass is 10.3. The molecule has 0 aromatic heterocycles. The fourth-order valence-corrected chi connectivity index (χ4v) is 1.35. The molecule has 74 valence electrons. The van der Waals surface area contributed by atoms with E-state index in [-0.39, 0.29) is 0 Å². The number of nitrogens with zero attached hydrogens (tertiary/aromatic N) is 1. The van der Waals surface area contributed by atoms with Gasteiger partial charge in [0.1, 0.15) is 0 Å². The third-order valence-corrected chi connectivity index (χ3v) is 2.06. The van der Waals surface area contributed by atoms with Crippen molar-refractivity contribution < 1.29 is 0 Å². The van der Waals surface area contributed by atoms with Gasteiger partial charge in [-0.1, -0.05) is 20.8 Å². The zero-order valence-electron chi connectivity index (χ0n) is 8.90. The molecule has 2 heteroatoms. The van der Waals surface area contributed by atoms with Crippen LogP contribution >= 0.6 is 0 Å². The molecule has 0 aromatic rings. The molecule has 0 aliphatic carbocycles. The Kier molecular flexibility index (Phi) is 8.95. The van der Waals surface area contributed by atoms with Gasteiger partial charge in [-0.05, 0) is 45.6 Å². The summed E-state index contributed by atoms with van der Waals surface area (Å²) in [6.07, 6.45) is 2.55. The van der Waals surface area contributed by atoms with E-state index in [1.807, 2.05) is 0 Å². The quantitative estimate of drug-likeness (QED) is 0.561. The van der Waals surface area contributed by atoms with Gasteiger partial charge in [0.15, 0.2) is 0 Å². The van der Waals surface area contributed by atoms with Gasteiger partial charge in [0, 0.05) is 0 Å². The van der Waals surface area contributed by atoms with Crippen molar-refractivity contribution in [3.8, 4) is 0 Å². The third-order valence-electron chi connectivity index (χ3n) is 2.06. The summed E-state index contributed by atoms with van der Waals surface area (Å²) in [6, 6.07) is 0. The third kappa shape index (κ3) is 6.62. The van der Waals surface area contributed by atoms with E-state index >= 15 is 0 Å². The molecule has 0 saturated carbocycles. The van der Waals surface area contributed by atoms with Gasteiger partial charge in [-0.25, -0.2) is 0 Å². The summed E-state index contributed by atoms with van der Waals surface area (Å²) in [4.78, 5) is 2.51. The molecule has 0 radical (unpaired) electrons. The van der Waals surface area contributed by atoms with Gasteiger partial charge in [0.2, 0.25) is 0 Å². The minimum atomic E-state index is 1.10. The van der Waals surface area contributed by atoms with E-state index in [2.05, 4.69) is 31.0 Å². The Morgan fingerprint density at radius 3 is 2.33 bits per heavy atom. The van der Waals surface area contributed by atoms with Gasteiger partial charge in [-0.15, -0.1) is 0 Å². The monoisotopic (exact) mass is 172 g/mol. The zero-order chi connectivity index (χ0) is 9.23. The van der Waals surface area contributed by atoms with Crippen LogP contribution < -0.4 is 5.32 Å². The molecule has 0 spiro atoms. The summed E-state index contributed by atoms with van der Waals surface area (Å²) in [5.74, 6) is 0. The Morgan fingerprint density at radius 1 is 1.08 bits per heavy atom. The van der Waals surface area contributed by atoms with E-state index < -0.39 is 0 Å². The standard InChI is InChI=1S/C10H24N2/c1-4-9-12(6-3)10-7-8-11-5-2/h11H,4-10H2,1-3H3. The Morgan fingerprint density at radius 2 is 1.83 bits per heavy atom. The second kappa shape index (κ2) is 9.01. The van der Waals surface area contributed by atoms with Crippen LogP contribution in [0.25, 0.3) is 0 Å². The lowest BCUT2D eigenvalue weighted by Crippen LogP contribution is -2.28. The largest absolute Gasteiger partial charge is 0.317 e. The van der Waals surface area contributed by atoms with Crippen molar-refractivity contribution in [3.05, 3.63) is 0 Å². The first-order chi connectivity index (χ1) is 5.85. The van der Waals surface area contributed by atoms with E-state index in [4.69, 9.17) is 0 Å². The maximum Gasteiger partial charge on any atom is -0.000676 e. The van der Waals surface area contributed by atoms with Crippen LogP contribution in [-0.2, 0) is 0 Å². The number of hydrogen-bond donors (Lipinski definition) is 1. The molecule has 0 aliphatic rings. The molecule has 0 amide bonds. The summed E-state index contributed by atoms with van der Waals surface area (Å²) in [7, 11) is 0. The normalized spacial score (nSPS) is 11.0. The average molecular weight is 172 g/mol. The molecule has 0 aliphatic heterocycles. The minimum Gasteiger partial charge on any atom is -0.317 e. The fraction of sp³-hybridized carbons (Fsp3) is 1.00. The summed E-state index contributed by atoms with van der Waals surface area (Å²) < 4.78 is 0. The second-order valence-electron chi connectivity index (χ2n) is 3.14. The van der Waals surface area contributed by atoms with Gasteiger partial charge in [-0.3, -0.25) is 0 Å². The molecule has 0 bridgehead atoms. The smallest absolute Gasteiger partial charge is 0.000676 e. The van der Waals surface area contributed by atoms with Crippen molar-refractivity contribution in [2.24, 2.45) is 0 Å². The average Bonchev–Trinajstić information content (AvgIpc) is 2.10. The summed E-state index contributed by atoms with van der Waals surface area (Å²) in [6.45, 7) is 12.6. The van der Waals surface area contributed by atoms with Crippen LogP contribution in [0.2, 0.25) is 0 Å². The summed E-state index contributed by atoms with van der Waals surface area (Å²) in [5, 5.41) is 3.34. The van der Waals surface area contributed by atoms with Crippen molar-refractivity contribution in [2.75, 3.05) is 32.7 Å². The summed E-state index contributed by atoms with van der Waals surface area (Å²) in [5.41, 5.74) is 0. The molecule has 0 atom stereocenters. The Labute approximate surface area is 77.3 Å². The Balaban J connectivity index is 3.19. The number of hydrogen-bond acceptors (Lipinski definition) is 2. The van der Waals surface area contributed by atoms with Gasteiger partial charge in [-0.2, -0.15) is 0 Å². The molecule has 0 unspecified atom stereocenters. The van der Waals surface area contributed by atoms with E-state index in [9.17, 15) is 0 Å². The van der Waals surface area contributed by atoms with Gasteiger partial charge in [0.25, 0.3) is 0 Å². The van der Waals surface area contributed by atoms with Crippen molar-refractivity contribution in [3.63, 3.8) is 0 Å². The molecular formula is C10H24N2. The molecule has 0 heterocycles. The van der Waals surface area contributed by atoms with Crippen LogP contribution in [0.15, 0.2) is 0 Å². The molecule has 1 N–H and O–H groups in total. The van der Waals surface area contributed by atoms with Crippen LogP contribution in [0, 0.1) is 0 Å². The van der Waals surface area contributed by atoms with Crippen molar-refractivity contribution in [1.29, 1.82) is 0 Å². The molecule has 0 fully saturated rings. The lowest BCUT2D eigenvalue weighted by molar-refractivity contribution is 0.284. The highest BCUT2D eigenvalue weighted by Gasteiger charge is 1.98. The first-order valence-corrected chi connectivity index (χ1v) is 5.28. The van der Waals surface area contributed by atoms with E-state index in [0.717, 1.165) is 13.1 Å². The van der Waals surface area contributed by atoms with Gasteiger partial charge in [0.05, 0.1) is 0 Å². The maximum absolute atomic E-state index is 3.34. The summed E-state index contributed by atoms with van der Waals surface area (Å²) >= 11 is 0. The van der Waals surface area contributed by atoms with Crippen molar-refractivity contribution >= 4 is 0 Å². The van der Waals surface area contributed by atoms with Crippen molar-refractivity contribution in [1.82, 2.24) is 10.2 Å². The molecule has 12 heavy (non-hydrogen) atoms. The first kappa shape index (κ1) is 11.9. The molecular weight excluding hydrogens is 148 g/mol. The number of rotatable bonds is 8. The minimum absolute atomic E-state index is 1.10. The van der Waals surface area contributed by atoms with Crippen molar-refractivity contribution in [2.45, 2.75) is 33.6 Å². The molecule has 0 aromatic carbocycles. The fourth-order valence-electron chi connectivity index (χ4n) is 1.35. The predicted molar refractivity (Wildman–Crippen MR) is 55.6 cm³/mol. The SMILES string of the molecule is CCCN(CC)CCCNCC. The zero-order valence-corrected chi connectivity index (χ0v) is 8.90. The van der Waals surface area contributed by atoms with E-state index in [1.54, 1.807) is 0 Å². The van der Waals surface area contributed by atoms with E-state index in [1.165, 1.54) is 32.5 Å². The molecule has 0 saturated heterocycles. The Bertz CT molecular complexity index is 83.9. The molecule has 0 rings (SSSR count). The lowest BCUT2D eigenvalue weighted by Gasteiger charge is -2.19. The van der Waals surface area contributed by atoms with Crippen LogP contribution in [0.4, 0.5) is 0 Å². The molecule has 2 nitrogen and oxygen atoms in total. The topological polar surface area (TPSA) is 15.3 Å². The highest BCUT2D eigenvalue weighted by atomic mass is 15.1. The number of nitrogens with one attached hydrogen (secondary N) is 1. The van der Waals surface area contributed by atoms with Crippen LogP contribution in [0.3, 0.4) is 0 Å². The predicted octanol–water partition coefficient (Wildman–Crippen LogP) is 1.72. The maximum atomic E-state index is 3.34. The highest BCUT2D eigenvalue weighted by molar-refractivity contribution is 4.55. The Hall–Kier alpha value is -0.0800. The van der Waals surface area contributed by atoms with Gasteiger partial charge < -0.3 is 10.2 Å². The van der Waals surface area contributed by atoms with Crippen LogP contribution in [-0.4, -0.2) is 37.6 Å². The second-order valence-corrected chi connectivity index (χ2v) is 3.14. The highest BCUT2D eigenvalue weighted by Crippen LogP contribution is 1.92. The van der Waals surface area contributed by atoms with Gasteiger partial charge >= 0.3 is 0 Å². The van der Waals surface area contributed by atoms with E-state index in [0.29, 0.717) is 0 Å². The van der Waals surface area contributed by atoms with Crippen LogP contribution in [0.5, 0.6) is 0 Å².